The van der Waals surface area contributed by atoms with Gasteiger partial charge >= 0.3 is 12.1 Å². The lowest BCUT2D eigenvalue weighted by Gasteiger charge is -2.26. The predicted molar refractivity (Wildman–Crippen MR) is 114 cm³/mol. The molecular formula is C18H16ClF5N8S. The van der Waals surface area contributed by atoms with Gasteiger partial charge in [0.2, 0.25) is 0 Å². The quantitative estimate of drug-likeness (QED) is 0.389. The molecule has 1 aliphatic heterocycles. The summed E-state index contributed by atoms with van der Waals surface area (Å²) < 4.78 is 69.3. The molecule has 0 amide bonds. The number of fused-ring (bicyclic) bond motifs is 1. The SMILES string of the molecule is CCSc1c(-c2nc3c(n2C)NNC(C(F)(F)C(F)(F)F)=C3)nc(-c2ccc(Cl)nn2)n1C. The van der Waals surface area contributed by atoms with Crippen molar-refractivity contribution in [2.24, 2.45) is 14.1 Å². The van der Waals surface area contributed by atoms with Crippen LogP contribution in [0.25, 0.3) is 29.1 Å². The van der Waals surface area contributed by atoms with Crippen molar-refractivity contribution in [3.8, 4) is 23.0 Å². The molecular weight excluding hydrogens is 491 g/mol. The smallest absolute Gasteiger partial charge is 0.320 e. The van der Waals surface area contributed by atoms with Crippen molar-refractivity contribution in [2.45, 2.75) is 24.0 Å². The van der Waals surface area contributed by atoms with Crippen LogP contribution in [0.4, 0.5) is 27.8 Å². The van der Waals surface area contributed by atoms with Gasteiger partial charge in [-0.25, -0.2) is 9.97 Å². The molecule has 0 radical (unpaired) electrons. The monoisotopic (exact) mass is 506 g/mol. The average molecular weight is 507 g/mol. The van der Waals surface area contributed by atoms with Crippen molar-refractivity contribution >= 4 is 35.3 Å². The van der Waals surface area contributed by atoms with Gasteiger partial charge in [-0.1, -0.05) is 18.5 Å². The Morgan fingerprint density at radius 1 is 1.00 bits per heavy atom. The van der Waals surface area contributed by atoms with Gasteiger partial charge in [-0.2, -0.15) is 22.0 Å². The van der Waals surface area contributed by atoms with Crippen LogP contribution in [0.3, 0.4) is 0 Å². The number of nitrogens with one attached hydrogen (secondary N) is 2. The Labute approximate surface area is 193 Å². The molecule has 0 spiro atoms. The Morgan fingerprint density at radius 2 is 1.73 bits per heavy atom. The Hall–Kier alpha value is -2.87. The molecule has 0 unspecified atom stereocenters. The number of anilines is 1. The topological polar surface area (TPSA) is 85.5 Å². The van der Waals surface area contributed by atoms with Gasteiger partial charge in [0.25, 0.3) is 0 Å². The maximum atomic E-state index is 13.8. The largest absolute Gasteiger partial charge is 0.459 e. The number of hydrazine groups is 1. The minimum absolute atomic E-state index is 0.0869. The number of halogens is 6. The van der Waals surface area contributed by atoms with E-state index < -0.39 is 17.8 Å². The van der Waals surface area contributed by atoms with Gasteiger partial charge in [-0.15, -0.1) is 22.0 Å². The van der Waals surface area contributed by atoms with E-state index in [1.165, 1.54) is 16.3 Å². The third-order valence-corrected chi connectivity index (χ3v) is 6.04. The number of hydrogen-bond donors (Lipinski definition) is 2. The van der Waals surface area contributed by atoms with E-state index >= 15 is 0 Å². The van der Waals surface area contributed by atoms with Crippen LogP contribution in [0.1, 0.15) is 12.6 Å². The molecule has 3 aromatic rings. The van der Waals surface area contributed by atoms with Gasteiger partial charge in [0.05, 0.1) is 0 Å². The second-order valence-corrected chi connectivity index (χ2v) is 8.57. The minimum atomic E-state index is -5.76. The van der Waals surface area contributed by atoms with E-state index in [0.717, 1.165) is 0 Å². The fourth-order valence-electron chi connectivity index (χ4n) is 3.20. The number of rotatable bonds is 5. The summed E-state index contributed by atoms with van der Waals surface area (Å²) in [7, 11) is 3.36. The molecule has 33 heavy (non-hydrogen) atoms. The fourth-order valence-corrected chi connectivity index (χ4v) is 4.12. The first-order valence-corrected chi connectivity index (χ1v) is 10.8. The van der Waals surface area contributed by atoms with Crippen molar-refractivity contribution in [3.63, 3.8) is 0 Å². The standard InChI is InChI=1S/C18H16ClF5N8S/c1-4-33-16-12(26-13(32(16)3)8-5-6-11(19)29-27-8)15-25-9-7-10(17(20,21)18(22,23)24)28-30-14(9)31(15)2/h5-7,28,30H,4H2,1-3H3. The predicted octanol–water partition coefficient (Wildman–Crippen LogP) is 4.51. The van der Waals surface area contributed by atoms with Crippen LogP contribution in [0.5, 0.6) is 0 Å². The lowest BCUT2D eigenvalue weighted by atomic mass is 10.2. The minimum Gasteiger partial charge on any atom is -0.320 e. The highest BCUT2D eigenvalue weighted by Gasteiger charge is 2.61. The summed E-state index contributed by atoms with van der Waals surface area (Å²) in [6.07, 6.45) is -5.09. The van der Waals surface area contributed by atoms with Crippen molar-refractivity contribution < 1.29 is 22.0 Å². The summed E-state index contributed by atoms with van der Waals surface area (Å²) >= 11 is 7.27. The maximum absolute atomic E-state index is 13.8. The molecule has 4 rings (SSSR count). The van der Waals surface area contributed by atoms with E-state index in [2.05, 4.69) is 25.6 Å². The number of hydrogen-bond acceptors (Lipinski definition) is 7. The Bertz CT molecular complexity index is 1230. The van der Waals surface area contributed by atoms with E-state index in [4.69, 9.17) is 11.6 Å². The first-order valence-electron chi connectivity index (χ1n) is 9.40. The van der Waals surface area contributed by atoms with Crippen LogP contribution in [0.15, 0.2) is 22.9 Å². The highest BCUT2D eigenvalue weighted by atomic mass is 35.5. The van der Waals surface area contributed by atoms with Crippen LogP contribution in [-0.4, -0.2) is 47.2 Å². The van der Waals surface area contributed by atoms with E-state index in [-0.39, 0.29) is 22.5 Å². The summed E-state index contributed by atoms with van der Waals surface area (Å²) in [5.41, 5.74) is 3.73. The van der Waals surface area contributed by atoms with Gasteiger partial charge < -0.3 is 9.13 Å². The first-order chi connectivity index (χ1) is 15.5. The van der Waals surface area contributed by atoms with Crippen molar-refractivity contribution in [3.05, 3.63) is 28.7 Å². The molecule has 0 fully saturated rings. The van der Waals surface area contributed by atoms with Gasteiger partial charge in [-0.05, 0) is 24.0 Å². The van der Waals surface area contributed by atoms with E-state index in [9.17, 15) is 22.0 Å². The van der Waals surface area contributed by atoms with Crippen LogP contribution >= 0.6 is 23.4 Å². The molecule has 0 saturated heterocycles. The van der Waals surface area contributed by atoms with Crippen molar-refractivity contribution in [2.75, 3.05) is 11.2 Å². The molecule has 15 heteroatoms. The molecule has 4 heterocycles. The van der Waals surface area contributed by atoms with Crippen LogP contribution in [-0.2, 0) is 14.1 Å². The number of alkyl halides is 5. The molecule has 2 N–H and O–H groups in total. The highest BCUT2D eigenvalue weighted by Crippen LogP contribution is 2.43. The second kappa shape index (κ2) is 8.17. The molecule has 1 aliphatic rings. The van der Waals surface area contributed by atoms with E-state index in [0.29, 0.717) is 34.1 Å². The lowest BCUT2D eigenvalue weighted by molar-refractivity contribution is -0.265. The second-order valence-electron chi connectivity index (χ2n) is 6.93. The highest BCUT2D eigenvalue weighted by molar-refractivity contribution is 7.99. The zero-order chi connectivity index (χ0) is 24.1. The number of imidazole rings is 2. The maximum Gasteiger partial charge on any atom is 0.459 e. The van der Waals surface area contributed by atoms with Gasteiger partial charge in [0.1, 0.15) is 27.8 Å². The summed E-state index contributed by atoms with van der Waals surface area (Å²) in [5, 5.41) is 8.78. The fraction of sp³-hybridized carbons (Fsp3) is 0.333. The van der Waals surface area contributed by atoms with Crippen LogP contribution in [0.2, 0.25) is 5.15 Å². The Kier molecular flexibility index (Phi) is 5.76. The van der Waals surface area contributed by atoms with Gasteiger partial charge in [-0.3, -0.25) is 10.9 Å². The Balaban J connectivity index is 1.83. The molecule has 0 atom stereocenters. The molecule has 176 valence electrons. The molecule has 8 nitrogen and oxygen atoms in total. The number of aromatic nitrogens is 6. The molecule has 0 aliphatic carbocycles. The van der Waals surface area contributed by atoms with Gasteiger partial charge in [0, 0.05) is 14.1 Å². The van der Waals surface area contributed by atoms with E-state index in [1.807, 2.05) is 12.3 Å². The molecule has 0 saturated carbocycles. The van der Waals surface area contributed by atoms with Crippen LogP contribution in [0, 0.1) is 0 Å². The summed E-state index contributed by atoms with van der Waals surface area (Å²) in [4.78, 5) is 8.93. The van der Waals surface area contributed by atoms with E-state index in [1.54, 1.807) is 30.8 Å². The molecule has 3 aromatic heterocycles. The van der Waals surface area contributed by atoms with Crippen LogP contribution < -0.4 is 10.9 Å². The third kappa shape index (κ3) is 3.90. The van der Waals surface area contributed by atoms with Gasteiger partial charge in [0.15, 0.2) is 22.6 Å². The zero-order valence-electron chi connectivity index (χ0n) is 17.3. The number of allylic oxidation sites excluding steroid dienone is 1. The first kappa shape index (κ1) is 23.3. The van der Waals surface area contributed by atoms with Crippen molar-refractivity contribution in [1.82, 2.24) is 34.7 Å². The zero-order valence-corrected chi connectivity index (χ0v) is 18.9. The normalized spacial score (nSPS) is 13.9. The summed E-state index contributed by atoms with van der Waals surface area (Å²) in [6.45, 7) is 1.94. The summed E-state index contributed by atoms with van der Waals surface area (Å²) in [6, 6.07) is 3.21. The molecule has 0 aromatic carbocycles. The number of nitrogens with zero attached hydrogens (tertiary/aromatic N) is 6. The summed E-state index contributed by atoms with van der Waals surface area (Å²) in [5.74, 6) is -3.47. The average Bonchev–Trinajstić information content (AvgIpc) is 3.25. The molecule has 0 bridgehead atoms. The third-order valence-electron chi connectivity index (χ3n) is 4.81. The lowest BCUT2D eigenvalue weighted by Crippen LogP contribution is -2.45. The van der Waals surface area contributed by atoms with Crippen molar-refractivity contribution in [1.29, 1.82) is 0 Å². The Morgan fingerprint density at radius 3 is 2.33 bits per heavy atom. The number of thioether (sulfide) groups is 1.